The zero-order valence-electron chi connectivity index (χ0n) is 16.0. The molecule has 0 bridgehead atoms. The third-order valence-corrected chi connectivity index (χ3v) is 5.83. The van der Waals surface area contributed by atoms with E-state index < -0.39 is 18.1 Å². The number of fused-ring (bicyclic) bond motifs is 1. The van der Waals surface area contributed by atoms with Gasteiger partial charge >= 0.3 is 0 Å². The van der Waals surface area contributed by atoms with Crippen LogP contribution in [0.25, 0.3) is 0 Å². The largest absolute Gasteiger partial charge is 0.275 e. The number of nitrogens with zero attached hydrogens (tertiary/aromatic N) is 2. The Morgan fingerprint density at radius 3 is 2.23 bits per heavy atom. The molecule has 3 aromatic carbocycles. The maximum Gasteiger partial charge on any atom is 0.262 e. The van der Waals surface area contributed by atoms with E-state index in [0.29, 0.717) is 5.02 Å². The van der Waals surface area contributed by atoms with Gasteiger partial charge in [0.2, 0.25) is 5.91 Å². The SMILES string of the molecule is O=C1[C@@H]2[C@H](ON(c3ccccc3)[C@@H]2c2cccc(Cl)c2)C(=O)N1Cc1ccccc1. The highest BCUT2D eigenvalue weighted by Crippen LogP contribution is 2.47. The van der Waals surface area contributed by atoms with E-state index >= 15 is 0 Å². The number of halogens is 1. The van der Waals surface area contributed by atoms with E-state index in [1.54, 1.807) is 11.1 Å². The summed E-state index contributed by atoms with van der Waals surface area (Å²) in [6.07, 6.45) is -0.856. The quantitative estimate of drug-likeness (QED) is 0.590. The molecule has 0 aromatic heterocycles. The molecule has 3 aromatic rings. The number of carbonyl (C=O) groups is 2. The fraction of sp³-hybridized carbons (Fsp3) is 0.167. The van der Waals surface area contributed by atoms with Crippen molar-refractivity contribution in [3.63, 3.8) is 0 Å². The summed E-state index contributed by atoms with van der Waals surface area (Å²) in [6.45, 7) is 0.239. The Balaban J connectivity index is 1.53. The third-order valence-electron chi connectivity index (χ3n) is 5.59. The normalized spacial score (nSPS) is 23.2. The molecule has 2 heterocycles. The number of carbonyl (C=O) groups excluding carboxylic acids is 2. The molecule has 2 aliphatic heterocycles. The minimum absolute atomic E-state index is 0.225. The molecular weight excluding hydrogens is 400 g/mol. The summed E-state index contributed by atoms with van der Waals surface area (Å²) in [5, 5.41) is 2.25. The molecule has 5 rings (SSSR count). The van der Waals surface area contributed by atoms with Gasteiger partial charge in [0.1, 0.15) is 5.92 Å². The Hall–Kier alpha value is -3.15. The van der Waals surface area contributed by atoms with Crippen molar-refractivity contribution >= 4 is 29.1 Å². The number of hydrogen-bond acceptors (Lipinski definition) is 4. The second-order valence-electron chi connectivity index (χ2n) is 7.46. The number of benzene rings is 3. The number of anilines is 1. The summed E-state index contributed by atoms with van der Waals surface area (Å²) in [5.74, 6) is -1.17. The zero-order valence-corrected chi connectivity index (χ0v) is 16.8. The Morgan fingerprint density at radius 1 is 0.833 bits per heavy atom. The highest BCUT2D eigenvalue weighted by Gasteiger charge is 2.59. The van der Waals surface area contributed by atoms with Crippen LogP contribution in [-0.4, -0.2) is 22.8 Å². The van der Waals surface area contributed by atoms with E-state index in [9.17, 15) is 9.59 Å². The second-order valence-corrected chi connectivity index (χ2v) is 7.90. The minimum Gasteiger partial charge on any atom is -0.275 e. The molecule has 5 nitrogen and oxygen atoms in total. The molecule has 2 saturated heterocycles. The van der Waals surface area contributed by atoms with Crippen molar-refractivity contribution in [1.29, 1.82) is 0 Å². The first-order valence-electron chi connectivity index (χ1n) is 9.79. The number of hydroxylamine groups is 1. The highest BCUT2D eigenvalue weighted by atomic mass is 35.5. The van der Waals surface area contributed by atoms with Crippen molar-refractivity contribution in [2.45, 2.75) is 18.7 Å². The van der Waals surface area contributed by atoms with E-state index in [1.165, 1.54) is 4.90 Å². The van der Waals surface area contributed by atoms with Gasteiger partial charge in [0, 0.05) is 5.02 Å². The Kier molecular flexibility index (Phi) is 4.77. The molecule has 2 aliphatic rings. The van der Waals surface area contributed by atoms with Gasteiger partial charge in [-0.2, -0.15) is 0 Å². The molecule has 2 fully saturated rings. The topological polar surface area (TPSA) is 49.9 Å². The molecule has 2 amide bonds. The standard InChI is InChI=1S/C24H19ClN2O3/c25-18-11-7-10-17(14-18)21-20-22(30-27(21)19-12-5-2-6-13-19)24(29)26(23(20)28)15-16-8-3-1-4-9-16/h1-14,20-22H,15H2/t20-,21+,22-/m0/s1. The number of amides is 2. The Bertz CT molecular complexity index is 1090. The number of hydrogen-bond donors (Lipinski definition) is 0. The van der Waals surface area contributed by atoms with E-state index in [4.69, 9.17) is 16.4 Å². The first kappa shape index (κ1) is 18.9. The van der Waals surface area contributed by atoms with Gasteiger partial charge in [-0.25, -0.2) is 5.06 Å². The first-order chi connectivity index (χ1) is 14.6. The van der Waals surface area contributed by atoms with Crippen LogP contribution in [0.3, 0.4) is 0 Å². The average Bonchev–Trinajstić information content (AvgIpc) is 3.27. The van der Waals surface area contributed by atoms with Crippen LogP contribution in [0.5, 0.6) is 0 Å². The number of rotatable bonds is 4. The van der Waals surface area contributed by atoms with Crippen molar-refractivity contribution in [1.82, 2.24) is 4.90 Å². The molecule has 0 aliphatic carbocycles. The second kappa shape index (κ2) is 7.59. The van der Waals surface area contributed by atoms with E-state index in [1.807, 2.05) is 78.9 Å². The van der Waals surface area contributed by atoms with Gasteiger partial charge in [-0.15, -0.1) is 0 Å². The van der Waals surface area contributed by atoms with Crippen molar-refractivity contribution in [2.75, 3.05) is 5.06 Å². The van der Waals surface area contributed by atoms with Gasteiger partial charge in [-0.05, 0) is 35.4 Å². The first-order valence-corrected chi connectivity index (χ1v) is 10.2. The molecule has 0 saturated carbocycles. The summed E-state index contributed by atoms with van der Waals surface area (Å²) >= 11 is 6.24. The predicted octanol–water partition coefficient (Wildman–Crippen LogP) is 4.39. The van der Waals surface area contributed by atoms with Gasteiger partial charge in [-0.3, -0.25) is 19.3 Å². The lowest BCUT2D eigenvalue weighted by atomic mass is 9.90. The Labute approximate surface area is 179 Å². The van der Waals surface area contributed by atoms with Crippen molar-refractivity contribution in [3.05, 3.63) is 101 Å². The summed E-state index contributed by atoms with van der Waals surface area (Å²) in [7, 11) is 0. The van der Waals surface area contributed by atoms with Gasteiger partial charge in [0.25, 0.3) is 5.91 Å². The zero-order chi connectivity index (χ0) is 20.7. The molecule has 0 radical (unpaired) electrons. The maximum absolute atomic E-state index is 13.4. The molecule has 3 atom stereocenters. The lowest BCUT2D eigenvalue weighted by molar-refractivity contribution is -0.143. The summed E-state index contributed by atoms with van der Waals surface area (Å²) < 4.78 is 0. The van der Waals surface area contributed by atoms with Gasteiger partial charge in [0.15, 0.2) is 6.10 Å². The smallest absolute Gasteiger partial charge is 0.262 e. The summed E-state index contributed by atoms with van der Waals surface area (Å²) in [5.41, 5.74) is 2.52. The minimum atomic E-state index is -0.856. The maximum atomic E-state index is 13.4. The van der Waals surface area contributed by atoms with E-state index in [2.05, 4.69) is 0 Å². The number of para-hydroxylation sites is 1. The van der Waals surface area contributed by atoms with E-state index in [0.717, 1.165) is 16.8 Å². The molecule has 0 N–H and O–H groups in total. The number of likely N-dealkylation sites (tertiary alicyclic amines) is 1. The summed E-state index contributed by atoms with van der Waals surface area (Å²) in [4.78, 5) is 34.0. The van der Waals surface area contributed by atoms with Gasteiger partial charge < -0.3 is 0 Å². The lowest BCUT2D eigenvalue weighted by Gasteiger charge is -2.28. The van der Waals surface area contributed by atoms with Gasteiger partial charge in [-0.1, -0.05) is 72.3 Å². The van der Waals surface area contributed by atoms with Crippen molar-refractivity contribution < 1.29 is 14.4 Å². The van der Waals surface area contributed by atoms with Crippen LogP contribution < -0.4 is 5.06 Å². The van der Waals surface area contributed by atoms with Crippen LogP contribution in [-0.2, 0) is 21.0 Å². The molecule has 30 heavy (non-hydrogen) atoms. The van der Waals surface area contributed by atoms with Crippen LogP contribution in [0, 0.1) is 5.92 Å². The Morgan fingerprint density at radius 2 is 1.53 bits per heavy atom. The number of imide groups is 1. The van der Waals surface area contributed by atoms with Crippen LogP contribution in [0.1, 0.15) is 17.2 Å². The van der Waals surface area contributed by atoms with Gasteiger partial charge in [0.05, 0.1) is 18.3 Å². The fourth-order valence-corrected chi connectivity index (χ4v) is 4.42. The molecule has 0 spiro atoms. The molecule has 6 heteroatoms. The molecular formula is C24H19ClN2O3. The van der Waals surface area contributed by atoms with Crippen LogP contribution in [0.2, 0.25) is 5.02 Å². The monoisotopic (exact) mass is 418 g/mol. The summed E-state index contributed by atoms with van der Waals surface area (Å²) in [6, 6.07) is 25.9. The van der Waals surface area contributed by atoms with E-state index in [-0.39, 0.29) is 18.4 Å². The molecule has 0 unspecified atom stereocenters. The third kappa shape index (κ3) is 3.16. The lowest BCUT2D eigenvalue weighted by Crippen LogP contribution is -2.36. The molecule has 150 valence electrons. The van der Waals surface area contributed by atoms with Crippen molar-refractivity contribution in [2.24, 2.45) is 5.92 Å². The van der Waals surface area contributed by atoms with Crippen LogP contribution in [0.4, 0.5) is 5.69 Å². The predicted molar refractivity (Wildman–Crippen MR) is 113 cm³/mol. The van der Waals surface area contributed by atoms with Crippen LogP contribution >= 0.6 is 11.6 Å². The van der Waals surface area contributed by atoms with Crippen LogP contribution in [0.15, 0.2) is 84.9 Å². The van der Waals surface area contributed by atoms with Crippen molar-refractivity contribution in [3.8, 4) is 0 Å². The fourth-order valence-electron chi connectivity index (χ4n) is 4.22. The average molecular weight is 419 g/mol. The highest BCUT2D eigenvalue weighted by molar-refractivity contribution is 6.30.